The van der Waals surface area contributed by atoms with Gasteiger partial charge in [0.05, 0.1) is 18.4 Å². The first-order valence-electron chi connectivity index (χ1n) is 8.16. The van der Waals surface area contributed by atoms with Gasteiger partial charge in [-0.1, -0.05) is 28.1 Å². The number of hydrogen-bond acceptors (Lipinski definition) is 7. The summed E-state index contributed by atoms with van der Waals surface area (Å²) in [6.45, 7) is -0.0556. The summed E-state index contributed by atoms with van der Waals surface area (Å²) in [6, 6.07) is 12.0. The number of nitrogens with one attached hydrogen (secondary N) is 1. The van der Waals surface area contributed by atoms with Crippen LogP contribution in [0.15, 0.2) is 53.3 Å². The molecule has 0 aliphatic heterocycles. The lowest BCUT2D eigenvalue weighted by Crippen LogP contribution is -2.21. The molecular weight excluding hydrogens is 430 g/mol. The lowest BCUT2D eigenvalue weighted by Gasteiger charge is -2.12. The van der Waals surface area contributed by atoms with E-state index in [1.54, 1.807) is 37.4 Å². The van der Waals surface area contributed by atoms with E-state index in [9.17, 15) is 9.59 Å². The van der Waals surface area contributed by atoms with E-state index in [2.05, 4.69) is 36.8 Å². The topological polar surface area (TPSA) is 108 Å². The van der Waals surface area contributed by atoms with Crippen LogP contribution >= 0.6 is 15.9 Å². The summed E-state index contributed by atoms with van der Waals surface area (Å²) in [5, 5.41) is 13.2. The molecule has 0 spiro atoms. The average Bonchev–Trinajstić information content (AvgIpc) is 3.19. The Morgan fingerprint density at radius 1 is 1.21 bits per heavy atom. The average molecular weight is 446 g/mol. The number of aromatic nitrogens is 4. The normalized spacial score (nSPS) is 10.4. The van der Waals surface area contributed by atoms with Crippen molar-refractivity contribution in [1.82, 2.24) is 20.2 Å². The molecule has 3 rings (SSSR count). The minimum atomic E-state index is -0.569. The lowest BCUT2D eigenvalue weighted by molar-refractivity contribution is -0.116. The van der Waals surface area contributed by atoms with Crippen LogP contribution in [-0.4, -0.2) is 39.2 Å². The largest absolute Gasteiger partial charge is 0.496 e. The van der Waals surface area contributed by atoms with Crippen LogP contribution in [-0.2, 0) is 22.7 Å². The van der Waals surface area contributed by atoms with E-state index >= 15 is 0 Å². The number of carbonyl (C=O) groups excluding carboxylic acids is 2. The lowest BCUT2D eigenvalue weighted by atomic mass is 10.1. The highest BCUT2D eigenvalue weighted by atomic mass is 79.9. The van der Waals surface area contributed by atoms with Crippen LogP contribution < -0.4 is 10.1 Å². The highest BCUT2D eigenvalue weighted by Crippen LogP contribution is 2.24. The monoisotopic (exact) mass is 445 g/mol. The van der Waals surface area contributed by atoms with Crippen molar-refractivity contribution in [3.63, 3.8) is 0 Å². The van der Waals surface area contributed by atoms with Crippen LogP contribution in [0.4, 0.5) is 5.69 Å². The maximum Gasteiger partial charge on any atom is 0.340 e. The highest BCUT2D eigenvalue weighted by Gasteiger charge is 2.16. The van der Waals surface area contributed by atoms with Crippen LogP contribution in [0.2, 0.25) is 0 Å². The van der Waals surface area contributed by atoms with Crippen molar-refractivity contribution in [2.75, 3.05) is 12.4 Å². The Balaban J connectivity index is 1.69. The van der Waals surface area contributed by atoms with E-state index in [1.807, 2.05) is 12.1 Å². The van der Waals surface area contributed by atoms with E-state index in [0.29, 0.717) is 17.0 Å². The van der Waals surface area contributed by atoms with Crippen LogP contribution in [0.5, 0.6) is 5.75 Å². The van der Waals surface area contributed by atoms with Gasteiger partial charge in [-0.15, -0.1) is 5.10 Å². The third-order valence-corrected chi connectivity index (χ3v) is 4.21. The minimum Gasteiger partial charge on any atom is -0.496 e. The molecule has 0 saturated heterocycles. The molecule has 1 N–H and O–H groups in total. The van der Waals surface area contributed by atoms with E-state index in [-0.39, 0.29) is 24.6 Å². The van der Waals surface area contributed by atoms with Crippen molar-refractivity contribution in [3.8, 4) is 5.75 Å². The van der Waals surface area contributed by atoms with Crippen LogP contribution in [0.1, 0.15) is 15.9 Å². The van der Waals surface area contributed by atoms with Crippen molar-refractivity contribution in [1.29, 1.82) is 0 Å². The molecule has 3 aromatic rings. The zero-order valence-electron chi connectivity index (χ0n) is 14.8. The molecule has 2 aromatic carbocycles. The molecular formula is C18H16BrN5O4. The number of anilines is 1. The molecule has 1 aromatic heterocycles. The quantitative estimate of drug-likeness (QED) is 0.556. The van der Waals surface area contributed by atoms with Gasteiger partial charge in [0.25, 0.3) is 0 Å². The zero-order valence-corrected chi connectivity index (χ0v) is 16.4. The van der Waals surface area contributed by atoms with Gasteiger partial charge in [-0.3, -0.25) is 4.79 Å². The van der Waals surface area contributed by atoms with Crippen molar-refractivity contribution < 1.29 is 19.1 Å². The molecule has 0 radical (unpaired) electrons. The summed E-state index contributed by atoms with van der Waals surface area (Å²) in [5.41, 5.74) is 1.29. The van der Waals surface area contributed by atoms with Crippen molar-refractivity contribution in [3.05, 3.63) is 64.4 Å². The number of rotatable bonds is 7. The number of hydrogen-bond donors (Lipinski definition) is 1. The number of nitrogens with zero attached hydrogens (tertiary/aromatic N) is 4. The number of carbonyl (C=O) groups is 2. The Labute approximate surface area is 168 Å². The van der Waals surface area contributed by atoms with E-state index in [0.717, 1.165) is 4.47 Å². The van der Waals surface area contributed by atoms with Gasteiger partial charge >= 0.3 is 5.97 Å². The molecule has 1 amide bonds. The molecule has 0 aliphatic carbocycles. The van der Waals surface area contributed by atoms with E-state index in [4.69, 9.17) is 9.47 Å². The second-order valence-electron chi connectivity index (χ2n) is 5.63. The van der Waals surface area contributed by atoms with Gasteiger partial charge in [-0.2, -0.15) is 0 Å². The second-order valence-corrected chi connectivity index (χ2v) is 6.55. The molecule has 0 saturated carbocycles. The third-order valence-electron chi connectivity index (χ3n) is 3.72. The number of para-hydroxylation sites is 1. The van der Waals surface area contributed by atoms with Crippen molar-refractivity contribution in [2.24, 2.45) is 0 Å². The smallest absolute Gasteiger partial charge is 0.340 e. The Kier molecular flexibility index (Phi) is 6.33. The molecule has 0 atom stereocenters. The zero-order chi connectivity index (χ0) is 19.9. The van der Waals surface area contributed by atoms with Crippen LogP contribution in [0.3, 0.4) is 0 Å². The van der Waals surface area contributed by atoms with Crippen LogP contribution in [0.25, 0.3) is 0 Å². The first kappa shape index (κ1) is 19.5. The molecule has 9 nitrogen and oxygen atoms in total. The van der Waals surface area contributed by atoms with Gasteiger partial charge in [0.15, 0.2) is 0 Å². The molecule has 1 heterocycles. The molecule has 144 valence electrons. The second kappa shape index (κ2) is 9.09. The fourth-order valence-corrected chi connectivity index (χ4v) is 2.85. The van der Waals surface area contributed by atoms with Gasteiger partial charge in [0.1, 0.15) is 25.2 Å². The number of benzene rings is 2. The van der Waals surface area contributed by atoms with Crippen molar-refractivity contribution in [2.45, 2.75) is 13.2 Å². The summed E-state index contributed by atoms with van der Waals surface area (Å²) in [4.78, 5) is 24.7. The molecule has 0 bridgehead atoms. The summed E-state index contributed by atoms with van der Waals surface area (Å²) in [6.07, 6.45) is 1.32. The standard InChI is InChI=1S/C18H16BrN5O4/c1-27-16-7-6-13(19)8-12(16)10-28-18(26)14-4-2-3-5-15(14)21-17(25)9-24-11-20-22-23-24/h2-8,11H,9-10H2,1H3,(H,21,25). The number of tetrazole rings is 1. The predicted octanol–water partition coefficient (Wildman–Crippen LogP) is 2.44. The molecule has 0 aliphatic rings. The predicted molar refractivity (Wildman–Crippen MR) is 103 cm³/mol. The molecule has 0 unspecified atom stereocenters. The fraction of sp³-hybridized carbons (Fsp3) is 0.167. The summed E-state index contributed by atoms with van der Waals surface area (Å²) in [7, 11) is 1.55. The number of methoxy groups -OCH3 is 1. The third kappa shape index (κ3) is 4.92. The number of halogens is 1. The summed E-state index contributed by atoms with van der Waals surface area (Å²) in [5.74, 6) is -0.333. The van der Waals surface area contributed by atoms with E-state index < -0.39 is 5.97 Å². The first-order chi connectivity index (χ1) is 13.6. The van der Waals surface area contributed by atoms with Gasteiger partial charge in [0.2, 0.25) is 5.91 Å². The fourth-order valence-electron chi connectivity index (χ4n) is 2.44. The van der Waals surface area contributed by atoms with Gasteiger partial charge in [0, 0.05) is 10.0 Å². The SMILES string of the molecule is COc1ccc(Br)cc1COC(=O)c1ccccc1NC(=O)Cn1cnnn1. The van der Waals surface area contributed by atoms with Gasteiger partial charge in [-0.25, -0.2) is 9.48 Å². The Bertz CT molecular complexity index is 978. The minimum absolute atomic E-state index is 0.0222. The van der Waals surface area contributed by atoms with Gasteiger partial charge in [-0.05, 0) is 40.8 Å². The Hall–Kier alpha value is -3.27. The summed E-state index contributed by atoms with van der Waals surface area (Å²) >= 11 is 3.38. The number of amides is 1. The first-order valence-corrected chi connectivity index (χ1v) is 8.95. The summed E-state index contributed by atoms with van der Waals surface area (Å²) < 4.78 is 12.8. The maximum atomic E-state index is 12.6. The highest BCUT2D eigenvalue weighted by molar-refractivity contribution is 9.10. The molecule has 0 fully saturated rings. The molecule has 10 heteroatoms. The van der Waals surface area contributed by atoms with Crippen molar-refractivity contribution >= 4 is 33.5 Å². The number of esters is 1. The number of ether oxygens (including phenoxy) is 2. The van der Waals surface area contributed by atoms with Gasteiger partial charge < -0.3 is 14.8 Å². The molecule has 28 heavy (non-hydrogen) atoms. The Morgan fingerprint density at radius 2 is 2.04 bits per heavy atom. The Morgan fingerprint density at radius 3 is 2.79 bits per heavy atom. The van der Waals surface area contributed by atoms with Crippen LogP contribution in [0, 0.1) is 0 Å². The van der Waals surface area contributed by atoms with E-state index in [1.165, 1.54) is 11.0 Å². The maximum absolute atomic E-state index is 12.6.